The van der Waals surface area contributed by atoms with Crippen LogP contribution in [0.4, 0.5) is 0 Å². The Bertz CT molecular complexity index is 920. The molecule has 136 valence electrons. The quantitative estimate of drug-likeness (QED) is 0.681. The molecular weight excluding hydrogens is 344 g/mol. The predicted molar refractivity (Wildman–Crippen MR) is 97.1 cm³/mol. The maximum Gasteiger partial charge on any atom is 0.339 e. The number of hydrogen-bond donors (Lipinski definition) is 1. The van der Waals surface area contributed by atoms with E-state index in [0.717, 1.165) is 18.5 Å². The summed E-state index contributed by atoms with van der Waals surface area (Å²) in [5.74, 6) is -0.851. The summed E-state index contributed by atoms with van der Waals surface area (Å²) in [6, 6.07) is 16.0. The van der Waals surface area contributed by atoms with Crippen molar-refractivity contribution in [3.8, 4) is 5.69 Å². The molecule has 1 amide bonds. The largest absolute Gasteiger partial charge is 0.444 e. The molecule has 2 aromatic carbocycles. The highest BCUT2D eigenvalue weighted by Crippen LogP contribution is 2.24. The molecule has 0 saturated heterocycles. The van der Waals surface area contributed by atoms with Crippen LogP contribution in [-0.4, -0.2) is 32.7 Å². The van der Waals surface area contributed by atoms with E-state index in [9.17, 15) is 9.59 Å². The zero-order chi connectivity index (χ0) is 18.6. The Morgan fingerprint density at radius 1 is 1.07 bits per heavy atom. The van der Waals surface area contributed by atoms with Gasteiger partial charge in [0, 0.05) is 11.6 Å². The number of esters is 1. The molecular formula is C20H18N4O3. The second kappa shape index (κ2) is 7.41. The third-order valence-corrected chi connectivity index (χ3v) is 4.28. The fourth-order valence-corrected chi connectivity index (χ4v) is 2.67. The van der Waals surface area contributed by atoms with Crippen LogP contribution in [0.1, 0.15) is 34.9 Å². The second-order valence-corrected chi connectivity index (χ2v) is 6.37. The van der Waals surface area contributed by atoms with Gasteiger partial charge in [0.05, 0.1) is 11.3 Å². The monoisotopic (exact) mass is 362 g/mol. The topological polar surface area (TPSA) is 86.1 Å². The molecule has 4 rings (SSSR count). The van der Waals surface area contributed by atoms with Crippen molar-refractivity contribution in [3.05, 3.63) is 78.4 Å². The van der Waals surface area contributed by atoms with Crippen LogP contribution in [0.15, 0.2) is 67.3 Å². The molecule has 7 heteroatoms. The van der Waals surface area contributed by atoms with Gasteiger partial charge in [-0.25, -0.2) is 14.5 Å². The van der Waals surface area contributed by atoms with Crippen LogP contribution in [0.3, 0.4) is 0 Å². The molecule has 1 aliphatic carbocycles. The summed E-state index contributed by atoms with van der Waals surface area (Å²) in [6.45, 7) is 0. The molecule has 1 aromatic heterocycles. The normalized spacial score (nSPS) is 14.4. The minimum atomic E-state index is -0.978. The van der Waals surface area contributed by atoms with E-state index in [1.807, 2.05) is 18.2 Å². The Morgan fingerprint density at radius 3 is 2.44 bits per heavy atom. The molecule has 1 aliphatic rings. The van der Waals surface area contributed by atoms with Crippen LogP contribution in [0.5, 0.6) is 0 Å². The Labute approximate surface area is 156 Å². The van der Waals surface area contributed by atoms with E-state index in [4.69, 9.17) is 4.74 Å². The van der Waals surface area contributed by atoms with E-state index < -0.39 is 12.1 Å². The Balaban J connectivity index is 1.51. The van der Waals surface area contributed by atoms with E-state index in [2.05, 4.69) is 15.4 Å². The second-order valence-electron chi connectivity index (χ2n) is 6.37. The SMILES string of the molecule is O=C(O[C@@H](C(=O)NC1CC1)c1ccccc1)c1ccc(-n2cncn2)cc1. The van der Waals surface area contributed by atoms with Gasteiger partial charge >= 0.3 is 5.97 Å². The van der Waals surface area contributed by atoms with Crippen molar-refractivity contribution >= 4 is 11.9 Å². The molecule has 3 aromatic rings. The number of rotatable bonds is 6. The van der Waals surface area contributed by atoms with Crippen LogP contribution in [0, 0.1) is 0 Å². The van der Waals surface area contributed by atoms with Gasteiger partial charge in [-0.3, -0.25) is 4.79 Å². The van der Waals surface area contributed by atoms with Crippen molar-refractivity contribution in [2.24, 2.45) is 0 Å². The number of hydrogen-bond acceptors (Lipinski definition) is 5. The van der Waals surface area contributed by atoms with Gasteiger partial charge in [0.25, 0.3) is 5.91 Å². The molecule has 1 fully saturated rings. The summed E-state index contributed by atoms with van der Waals surface area (Å²) in [5.41, 5.74) is 1.78. The zero-order valence-corrected chi connectivity index (χ0v) is 14.5. The van der Waals surface area contributed by atoms with Crippen molar-refractivity contribution in [1.29, 1.82) is 0 Å². The number of aromatic nitrogens is 3. The van der Waals surface area contributed by atoms with Gasteiger partial charge in [0.2, 0.25) is 6.10 Å². The average molecular weight is 362 g/mol. The van der Waals surface area contributed by atoms with Crippen molar-refractivity contribution < 1.29 is 14.3 Å². The van der Waals surface area contributed by atoms with Gasteiger partial charge < -0.3 is 10.1 Å². The summed E-state index contributed by atoms with van der Waals surface area (Å²) in [6.07, 6.45) is 3.96. The van der Waals surface area contributed by atoms with Gasteiger partial charge in [0.15, 0.2) is 0 Å². The van der Waals surface area contributed by atoms with E-state index in [1.165, 1.54) is 6.33 Å². The van der Waals surface area contributed by atoms with Gasteiger partial charge in [-0.1, -0.05) is 30.3 Å². The molecule has 27 heavy (non-hydrogen) atoms. The van der Waals surface area contributed by atoms with Crippen LogP contribution in [0.25, 0.3) is 5.69 Å². The lowest BCUT2D eigenvalue weighted by atomic mass is 10.1. The summed E-state index contributed by atoms with van der Waals surface area (Å²) in [5, 5.41) is 6.94. The molecule has 1 heterocycles. The third kappa shape index (κ3) is 4.03. The summed E-state index contributed by atoms with van der Waals surface area (Å²) in [7, 11) is 0. The first-order valence-electron chi connectivity index (χ1n) is 8.72. The van der Waals surface area contributed by atoms with Crippen molar-refractivity contribution in [3.63, 3.8) is 0 Å². The maximum atomic E-state index is 12.6. The minimum Gasteiger partial charge on any atom is -0.444 e. The highest BCUT2D eigenvalue weighted by atomic mass is 16.5. The molecule has 0 bridgehead atoms. The lowest BCUT2D eigenvalue weighted by molar-refractivity contribution is -0.130. The fourth-order valence-electron chi connectivity index (χ4n) is 2.67. The Kier molecular flexibility index (Phi) is 4.65. The van der Waals surface area contributed by atoms with Crippen LogP contribution in [0.2, 0.25) is 0 Å². The van der Waals surface area contributed by atoms with Crippen LogP contribution in [-0.2, 0) is 9.53 Å². The average Bonchev–Trinajstić information content (AvgIpc) is 3.35. The highest BCUT2D eigenvalue weighted by molar-refractivity contribution is 5.93. The van der Waals surface area contributed by atoms with Crippen molar-refractivity contribution in [1.82, 2.24) is 20.1 Å². The number of nitrogens with one attached hydrogen (secondary N) is 1. The van der Waals surface area contributed by atoms with E-state index in [0.29, 0.717) is 11.1 Å². The van der Waals surface area contributed by atoms with Crippen molar-refractivity contribution in [2.45, 2.75) is 25.0 Å². The minimum absolute atomic E-state index is 0.185. The van der Waals surface area contributed by atoms with Gasteiger partial charge in [-0.15, -0.1) is 0 Å². The summed E-state index contributed by atoms with van der Waals surface area (Å²) in [4.78, 5) is 29.1. The molecule has 0 radical (unpaired) electrons. The number of nitrogens with zero attached hydrogens (tertiary/aromatic N) is 3. The van der Waals surface area contributed by atoms with Crippen molar-refractivity contribution in [2.75, 3.05) is 0 Å². The maximum absolute atomic E-state index is 12.6. The van der Waals surface area contributed by atoms with Gasteiger partial charge in [0.1, 0.15) is 12.7 Å². The highest BCUT2D eigenvalue weighted by Gasteiger charge is 2.31. The summed E-state index contributed by atoms with van der Waals surface area (Å²) < 4.78 is 7.15. The smallest absolute Gasteiger partial charge is 0.339 e. The van der Waals surface area contributed by atoms with E-state index in [1.54, 1.807) is 47.4 Å². The molecule has 0 unspecified atom stereocenters. The first-order chi connectivity index (χ1) is 13.2. The number of carbonyl (C=O) groups excluding carboxylic acids is 2. The lowest BCUT2D eigenvalue weighted by Crippen LogP contribution is -2.33. The Morgan fingerprint density at radius 2 is 1.81 bits per heavy atom. The van der Waals surface area contributed by atoms with Crippen LogP contribution >= 0.6 is 0 Å². The zero-order valence-electron chi connectivity index (χ0n) is 14.5. The van der Waals surface area contributed by atoms with Crippen LogP contribution < -0.4 is 5.32 Å². The molecule has 0 aliphatic heterocycles. The predicted octanol–water partition coefficient (Wildman–Crippen LogP) is 2.44. The number of benzene rings is 2. The van der Waals surface area contributed by atoms with Gasteiger partial charge in [-0.05, 0) is 37.1 Å². The molecule has 1 N–H and O–H groups in total. The summed E-state index contributed by atoms with van der Waals surface area (Å²) >= 11 is 0. The van der Waals surface area contributed by atoms with E-state index in [-0.39, 0.29) is 11.9 Å². The molecule has 1 atom stereocenters. The standard InChI is InChI=1S/C20H18N4O3/c25-19(23-16-8-9-16)18(14-4-2-1-3-5-14)27-20(26)15-6-10-17(11-7-15)24-13-21-12-22-24/h1-7,10-13,16,18H,8-9H2,(H,23,25)/t18-/m1/s1. The van der Waals surface area contributed by atoms with E-state index >= 15 is 0 Å². The molecule has 7 nitrogen and oxygen atoms in total. The first-order valence-corrected chi connectivity index (χ1v) is 8.72. The Hall–Kier alpha value is -3.48. The molecule has 1 saturated carbocycles. The number of carbonyl (C=O) groups is 2. The van der Waals surface area contributed by atoms with Gasteiger partial charge in [-0.2, -0.15) is 5.10 Å². The number of amides is 1. The first kappa shape index (κ1) is 17.0. The third-order valence-electron chi connectivity index (χ3n) is 4.28. The molecule has 0 spiro atoms. The number of ether oxygens (including phenoxy) is 1. The fraction of sp³-hybridized carbons (Fsp3) is 0.200. The lowest BCUT2D eigenvalue weighted by Gasteiger charge is -2.18.